The summed E-state index contributed by atoms with van der Waals surface area (Å²) in [5.41, 5.74) is 0. The molecule has 0 aromatic carbocycles. The Morgan fingerprint density at radius 3 is 2.82 bits per heavy atom. The zero-order chi connectivity index (χ0) is 11.2. The molecule has 1 aliphatic carbocycles. The largest absolute Gasteiger partial charge is 0.379 e. The van der Waals surface area contributed by atoms with Crippen molar-refractivity contribution in [2.45, 2.75) is 25.7 Å². The van der Waals surface area contributed by atoms with Gasteiger partial charge in [0.25, 0.3) is 0 Å². The van der Waals surface area contributed by atoms with E-state index in [1.165, 1.54) is 12.8 Å². The van der Waals surface area contributed by atoms with E-state index in [0.29, 0.717) is 13.2 Å². The minimum atomic E-state index is 0. The smallest absolute Gasteiger partial charge is 0.224 e. The maximum Gasteiger partial charge on any atom is 0.224 e. The van der Waals surface area contributed by atoms with Crippen molar-refractivity contribution in [2.75, 3.05) is 32.8 Å². The minimum Gasteiger partial charge on any atom is -0.379 e. The molecule has 1 amide bonds. The molecule has 1 aliphatic heterocycles. The van der Waals surface area contributed by atoms with Gasteiger partial charge in [0.15, 0.2) is 0 Å². The molecule has 2 N–H and O–H groups in total. The van der Waals surface area contributed by atoms with Crippen LogP contribution in [0.4, 0.5) is 0 Å². The third-order valence-electron chi connectivity index (χ3n) is 3.26. The Bertz CT molecular complexity index is 229. The summed E-state index contributed by atoms with van der Waals surface area (Å²) in [7, 11) is 0. The summed E-state index contributed by atoms with van der Waals surface area (Å²) in [5, 5.41) is 6.19. The fraction of sp³-hybridized carbons (Fsp3) is 0.917. The van der Waals surface area contributed by atoms with Gasteiger partial charge in [0, 0.05) is 19.7 Å². The molecule has 5 heteroatoms. The molecule has 17 heavy (non-hydrogen) atoms. The standard InChI is InChI=1S/C12H22N2O2.ClH/c15-12(11-2-1-5-13-8-11)14-6-7-16-9-10-3-4-10;/h10-11,13H,1-9H2,(H,14,15);1H. The van der Waals surface area contributed by atoms with Gasteiger partial charge in [-0.2, -0.15) is 0 Å². The SMILES string of the molecule is Cl.O=C(NCCOCC1CC1)C1CCCNC1. The van der Waals surface area contributed by atoms with Gasteiger partial charge in [-0.25, -0.2) is 0 Å². The Kier molecular flexibility index (Phi) is 6.85. The number of hydrogen-bond donors (Lipinski definition) is 2. The molecule has 0 aromatic heterocycles. The number of hydrogen-bond acceptors (Lipinski definition) is 3. The number of carbonyl (C=O) groups excluding carboxylic acids is 1. The van der Waals surface area contributed by atoms with E-state index in [2.05, 4.69) is 10.6 Å². The minimum absolute atomic E-state index is 0. The molecule has 100 valence electrons. The Hall–Kier alpha value is -0.320. The molecular weight excluding hydrogens is 240 g/mol. The molecule has 1 heterocycles. The van der Waals surface area contributed by atoms with Gasteiger partial charge in [0.05, 0.1) is 12.5 Å². The fourth-order valence-corrected chi connectivity index (χ4v) is 2.00. The van der Waals surface area contributed by atoms with E-state index in [1.807, 2.05) is 0 Å². The third-order valence-corrected chi connectivity index (χ3v) is 3.26. The quantitative estimate of drug-likeness (QED) is 0.701. The van der Waals surface area contributed by atoms with Crippen molar-refractivity contribution < 1.29 is 9.53 Å². The van der Waals surface area contributed by atoms with Crippen LogP contribution in [0.1, 0.15) is 25.7 Å². The van der Waals surface area contributed by atoms with Crippen LogP contribution in [-0.2, 0) is 9.53 Å². The lowest BCUT2D eigenvalue weighted by Gasteiger charge is -2.21. The highest BCUT2D eigenvalue weighted by molar-refractivity contribution is 5.85. The normalized spacial score (nSPS) is 23.9. The maximum absolute atomic E-state index is 11.7. The van der Waals surface area contributed by atoms with Crippen LogP contribution >= 0.6 is 12.4 Å². The maximum atomic E-state index is 11.7. The first-order valence-corrected chi connectivity index (χ1v) is 6.42. The van der Waals surface area contributed by atoms with Gasteiger partial charge >= 0.3 is 0 Å². The molecule has 4 nitrogen and oxygen atoms in total. The molecule has 1 unspecified atom stereocenters. The van der Waals surface area contributed by atoms with Gasteiger partial charge in [-0.05, 0) is 38.1 Å². The molecule has 0 aromatic rings. The average Bonchev–Trinajstić information content (AvgIpc) is 3.13. The first-order valence-electron chi connectivity index (χ1n) is 6.42. The number of amides is 1. The summed E-state index contributed by atoms with van der Waals surface area (Å²) in [4.78, 5) is 11.7. The van der Waals surface area contributed by atoms with Crippen LogP contribution in [0.3, 0.4) is 0 Å². The Morgan fingerprint density at radius 2 is 2.18 bits per heavy atom. The monoisotopic (exact) mass is 262 g/mol. The van der Waals surface area contributed by atoms with Gasteiger partial charge in [-0.15, -0.1) is 12.4 Å². The number of piperidine rings is 1. The van der Waals surface area contributed by atoms with E-state index in [1.54, 1.807) is 0 Å². The van der Waals surface area contributed by atoms with Gasteiger partial charge < -0.3 is 15.4 Å². The van der Waals surface area contributed by atoms with Crippen LogP contribution in [0.15, 0.2) is 0 Å². The predicted molar refractivity (Wildman–Crippen MR) is 69.4 cm³/mol. The second-order valence-electron chi connectivity index (χ2n) is 4.85. The molecule has 2 fully saturated rings. The lowest BCUT2D eigenvalue weighted by Crippen LogP contribution is -2.41. The van der Waals surface area contributed by atoms with Crippen molar-refractivity contribution in [3.8, 4) is 0 Å². The molecule has 0 radical (unpaired) electrons. The molecule has 0 spiro atoms. The first-order chi connectivity index (χ1) is 7.86. The van der Waals surface area contributed by atoms with Crippen molar-refractivity contribution in [1.82, 2.24) is 10.6 Å². The summed E-state index contributed by atoms with van der Waals surface area (Å²) in [6, 6.07) is 0. The lowest BCUT2D eigenvalue weighted by atomic mass is 9.99. The molecule has 1 saturated carbocycles. The predicted octanol–water partition coefficient (Wildman–Crippen LogP) is 0.951. The van der Waals surface area contributed by atoms with E-state index < -0.39 is 0 Å². The van der Waals surface area contributed by atoms with Gasteiger partial charge in [0.2, 0.25) is 5.91 Å². The van der Waals surface area contributed by atoms with Crippen LogP contribution < -0.4 is 10.6 Å². The van der Waals surface area contributed by atoms with Crippen LogP contribution in [0, 0.1) is 11.8 Å². The number of ether oxygens (including phenoxy) is 1. The van der Waals surface area contributed by atoms with Crippen molar-refractivity contribution >= 4 is 18.3 Å². The van der Waals surface area contributed by atoms with E-state index in [9.17, 15) is 4.79 Å². The van der Waals surface area contributed by atoms with Crippen molar-refractivity contribution in [1.29, 1.82) is 0 Å². The first kappa shape index (κ1) is 14.7. The molecule has 2 rings (SSSR count). The Morgan fingerprint density at radius 1 is 1.35 bits per heavy atom. The van der Waals surface area contributed by atoms with Crippen LogP contribution in [-0.4, -0.2) is 38.8 Å². The van der Waals surface area contributed by atoms with E-state index in [-0.39, 0.29) is 24.2 Å². The van der Waals surface area contributed by atoms with Crippen LogP contribution in [0.2, 0.25) is 0 Å². The highest BCUT2D eigenvalue weighted by atomic mass is 35.5. The lowest BCUT2D eigenvalue weighted by molar-refractivity contribution is -0.125. The average molecular weight is 263 g/mol. The summed E-state index contributed by atoms with van der Waals surface area (Å²) >= 11 is 0. The number of halogens is 1. The zero-order valence-corrected chi connectivity index (χ0v) is 11.1. The summed E-state index contributed by atoms with van der Waals surface area (Å²) in [6.45, 7) is 4.06. The van der Waals surface area contributed by atoms with Gasteiger partial charge in [-0.1, -0.05) is 0 Å². The van der Waals surface area contributed by atoms with Gasteiger partial charge in [0.1, 0.15) is 0 Å². The highest BCUT2D eigenvalue weighted by Crippen LogP contribution is 2.28. The Balaban J connectivity index is 0.00000144. The van der Waals surface area contributed by atoms with E-state index in [0.717, 1.165) is 38.5 Å². The molecule has 1 saturated heterocycles. The highest BCUT2D eigenvalue weighted by Gasteiger charge is 2.22. The van der Waals surface area contributed by atoms with Crippen molar-refractivity contribution in [3.05, 3.63) is 0 Å². The third kappa shape index (κ3) is 5.70. The topological polar surface area (TPSA) is 50.4 Å². The summed E-state index contributed by atoms with van der Waals surface area (Å²) in [6.07, 6.45) is 4.76. The summed E-state index contributed by atoms with van der Waals surface area (Å²) in [5.74, 6) is 1.15. The molecule has 2 aliphatic rings. The fourth-order valence-electron chi connectivity index (χ4n) is 2.00. The van der Waals surface area contributed by atoms with Crippen LogP contribution in [0.5, 0.6) is 0 Å². The van der Waals surface area contributed by atoms with Gasteiger partial charge in [-0.3, -0.25) is 4.79 Å². The number of rotatable bonds is 6. The zero-order valence-electron chi connectivity index (χ0n) is 10.2. The second kappa shape index (κ2) is 7.90. The van der Waals surface area contributed by atoms with E-state index >= 15 is 0 Å². The number of carbonyl (C=O) groups is 1. The molecule has 1 atom stereocenters. The van der Waals surface area contributed by atoms with E-state index in [4.69, 9.17) is 4.74 Å². The summed E-state index contributed by atoms with van der Waals surface area (Å²) < 4.78 is 5.46. The van der Waals surface area contributed by atoms with Crippen LogP contribution in [0.25, 0.3) is 0 Å². The molecular formula is C12H23ClN2O2. The van der Waals surface area contributed by atoms with Crippen molar-refractivity contribution in [2.24, 2.45) is 11.8 Å². The Labute approximate surface area is 109 Å². The molecule has 0 bridgehead atoms. The number of nitrogens with one attached hydrogen (secondary N) is 2. The van der Waals surface area contributed by atoms with Crippen molar-refractivity contribution in [3.63, 3.8) is 0 Å². The second-order valence-corrected chi connectivity index (χ2v) is 4.85.